The number of nitrogens with one attached hydrogen (secondary N) is 1. The summed E-state index contributed by atoms with van der Waals surface area (Å²) in [4.78, 5) is 9.84. The van der Waals surface area contributed by atoms with Crippen LogP contribution in [0.5, 0.6) is 0 Å². The highest BCUT2D eigenvalue weighted by atomic mass is 16.6. The van der Waals surface area contributed by atoms with Gasteiger partial charge in [0.05, 0.1) is 5.69 Å². The number of tetrazole rings is 1. The summed E-state index contributed by atoms with van der Waals surface area (Å²) >= 11 is 0. The van der Waals surface area contributed by atoms with E-state index in [4.69, 9.17) is 10.6 Å². The van der Waals surface area contributed by atoms with E-state index >= 15 is 0 Å². The average Bonchev–Trinajstić information content (AvgIpc) is 2.98. The Bertz CT molecular complexity index is 687. The molecule has 3 N–H and O–H groups in total. The number of pyridine rings is 1. The molecule has 1 fully saturated rings. The number of nitrogens with two attached hydrogens (primary N) is 1. The fourth-order valence-corrected chi connectivity index (χ4v) is 2.68. The Hall–Kier alpha value is -2.48. The van der Waals surface area contributed by atoms with E-state index in [9.17, 15) is 0 Å². The molecular weight excluding hydrogens is 294 g/mol. The van der Waals surface area contributed by atoms with E-state index < -0.39 is 0 Å². The van der Waals surface area contributed by atoms with E-state index in [1.807, 2.05) is 19.1 Å². The van der Waals surface area contributed by atoms with Crippen LogP contribution < -0.4 is 11.2 Å². The minimum Gasteiger partial charge on any atom is -0.384 e. The summed E-state index contributed by atoms with van der Waals surface area (Å²) in [6.45, 7) is 2.17. The monoisotopic (exact) mass is 315 g/mol. The smallest absolute Gasteiger partial charge is 0.155 e. The van der Waals surface area contributed by atoms with Crippen LogP contribution in [0, 0.1) is 6.92 Å². The molecule has 2 heterocycles. The number of hydrogen-bond acceptors (Lipinski definition) is 7. The molecule has 0 unspecified atom stereocenters. The van der Waals surface area contributed by atoms with Crippen molar-refractivity contribution in [2.24, 2.45) is 0 Å². The Morgan fingerprint density at radius 2 is 2.13 bits per heavy atom. The topological polar surface area (TPSA) is 104 Å². The van der Waals surface area contributed by atoms with Gasteiger partial charge in [0.15, 0.2) is 11.6 Å². The lowest BCUT2D eigenvalue weighted by molar-refractivity contribution is 0.0572. The van der Waals surface area contributed by atoms with E-state index in [-0.39, 0.29) is 0 Å². The highest BCUT2D eigenvalue weighted by molar-refractivity contribution is 5.47. The van der Waals surface area contributed by atoms with Crippen molar-refractivity contribution in [3.8, 4) is 0 Å². The van der Waals surface area contributed by atoms with Crippen molar-refractivity contribution in [3.63, 3.8) is 0 Å². The number of nitrogen functional groups attached to an aromatic ring is 1. The Kier molecular flexibility index (Phi) is 4.82. The third-order valence-electron chi connectivity index (χ3n) is 3.85. The molecule has 1 aliphatic rings. The van der Waals surface area contributed by atoms with Crippen LogP contribution in [0.4, 0.5) is 5.82 Å². The lowest BCUT2D eigenvalue weighted by atomic mass is 9.95. The summed E-state index contributed by atoms with van der Waals surface area (Å²) in [6.07, 6.45) is 5.68. The molecule has 0 bridgehead atoms. The molecule has 2 aromatic rings. The maximum Gasteiger partial charge on any atom is 0.155 e. The van der Waals surface area contributed by atoms with Gasteiger partial charge in [-0.2, -0.15) is 4.68 Å². The summed E-state index contributed by atoms with van der Waals surface area (Å²) < 4.78 is 1.69. The molecule has 2 aromatic heterocycles. The maximum absolute atomic E-state index is 5.68. The van der Waals surface area contributed by atoms with Crippen LogP contribution in [0.1, 0.15) is 43.6 Å². The first-order chi connectivity index (χ1) is 11.2. The van der Waals surface area contributed by atoms with Crippen LogP contribution in [0.25, 0.3) is 5.82 Å². The summed E-state index contributed by atoms with van der Waals surface area (Å²) in [6, 6.07) is 5.47. The minimum atomic E-state index is 0.309. The number of hydroxylamine groups is 1. The first-order valence-corrected chi connectivity index (χ1v) is 7.80. The van der Waals surface area contributed by atoms with Crippen molar-refractivity contribution < 1.29 is 4.84 Å². The van der Waals surface area contributed by atoms with E-state index in [0.717, 1.165) is 30.2 Å². The van der Waals surface area contributed by atoms with Gasteiger partial charge in [-0.05, 0) is 60.7 Å². The van der Waals surface area contributed by atoms with Crippen LogP contribution in [0.2, 0.25) is 0 Å². The van der Waals surface area contributed by atoms with Crippen LogP contribution >= 0.6 is 0 Å². The summed E-state index contributed by atoms with van der Waals surface area (Å²) in [5.74, 6) is 2.01. The van der Waals surface area contributed by atoms with Crippen molar-refractivity contribution in [2.75, 3.05) is 5.73 Å². The predicted molar refractivity (Wildman–Crippen MR) is 85.4 cm³/mol. The SMILES string of the molecule is Cc1nnnn1C(NOCc1cccc(N)n1)=C1CCCCC1. The quantitative estimate of drug-likeness (QED) is 0.811. The number of aromatic nitrogens is 5. The molecule has 0 spiro atoms. The Labute approximate surface area is 134 Å². The largest absolute Gasteiger partial charge is 0.384 e. The summed E-state index contributed by atoms with van der Waals surface area (Å²) in [7, 11) is 0. The van der Waals surface area contributed by atoms with E-state index in [1.165, 1.54) is 24.8 Å². The number of nitrogens with zero attached hydrogens (tertiary/aromatic N) is 5. The molecule has 1 aliphatic carbocycles. The van der Waals surface area contributed by atoms with Crippen LogP contribution in [-0.2, 0) is 11.4 Å². The van der Waals surface area contributed by atoms with Gasteiger partial charge in [-0.1, -0.05) is 12.5 Å². The van der Waals surface area contributed by atoms with Gasteiger partial charge in [0.1, 0.15) is 12.4 Å². The molecule has 0 amide bonds. The standard InChI is InChI=1S/C15H21N7O/c1-11-18-20-21-22(11)15(12-6-3-2-4-7-12)19-23-10-13-8-5-9-14(16)17-13/h5,8-9,19H,2-4,6-7,10H2,1H3,(H2,16,17). The lowest BCUT2D eigenvalue weighted by Gasteiger charge is -2.20. The van der Waals surface area contributed by atoms with Crippen molar-refractivity contribution >= 4 is 11.6 Å². The fourth-order valence-electron chi connectivity index (χ4n) is 2.68. The zero-order valence-electron chi connectivity index (χ0n) is 13.2. The van der Waals surface area contributed by atoms with Gasteiger partial charge in [-0.3, -0.25) is 4.84 Å². The zero-order valence-corrected chi connectivity index (χ0v) is 13.2. The Balaban J connectivity index is 1.73. The molecule has 0 saturated heterocycles. The first kappa shape index (κ1) is 15.4. The molecule has 1 saturated carbocycles. The van der Waals surface area contributed by atoms with Crippen molar-refractivity contribution in [1.29, 1.82) is 0 Å². The van der Waals surface area contributed by atoms with E-state index in [1.54, 1.807) is 10.7 Å². The van der Waals surface area contributed by atoms with Crippen molar-refractivity contribution in [2.45, 2.75) is 45.6 Å². The lowest BCUT2D eigenvalue weighted by Crippen LogP contribution is -2.22. The van der Waals surface area contributed by atoms with Crippen molar-refractivity contribution in [3.05, 3.63) is 35.3 Å². The molecule has 8 nitrogen and oxygen atoms in total. The molecule has 23 heavy (non-hydrogen) atoms. The molecule has 0 aromatic carbocycles. The number of hydrogen-bond donors (Lipinski definition) is 2. The first-order valence-electron chi connectivity index (χ1n) is 7.80. The predicted octanol–water partition coefficient (Wildman–Crippen LogP) is 1.81. The van der Waals surface area contributed by atoms with Gasteiger partial charge < -0.3 is 5.73 Å². The molecule has 122 valence electrons. The second-order valence-corrected chi connectivity index (χ2v) is 5.60. The summed E-state index contributed by atoms with van der Waals surface area (Å²) in [5, 5.41) is 11.7. The molecule has 3 rings (SSSR count). The fraction of sp³-hybridized carbons (Fsp3) is 0.467. The average molecular weight is 315 g/mol. The number of allylic oxidation sites excluding steroid dienone is 1. The van der Waals surface area contributed by atoms with E-state index in [0.29, 0.717) is 12.4 Å². The van der Waals surface area contributed by atoms with Crippen LogP contribution in [0.15, 0.2) is 23.8 Å². The Morgan fingerprint density at radius 1 is 1.30 bits per heavy atom. The third-order valence-corrected chi connectivity index (χ3v) is 3.85. The minimum absolute atomic E-state index is 0.309. The van der Waals surface area contributed by atoms with Crippen LogP contribution in [0.3, 0.4) is 0 Å². The molecule has 8 heteroatoms. The van der Waals surface area contributed by atoms with Gasteiger partial charge in [0, 0.05) is 0 Å². The Morgan fingerprint density at radius 3 is 2.83 bits per heavy atom. The van der Waals surface area contributed by atoms with Gasteiger partial charge in [0.25, 0.3) is 0 Å². The normalized spacial score (nSPS) is 14.7. The van der Waals surface area contributed by atoms with Gasteiger partial charge in [0.2, 0.25) is 0 Å². The number of anilines is 1. The third kappa shape index (κ3) is 3.84. The van der Waals surface area contributed by atoms with E-state index in [2.05, 4.69) is 26.0 Å². The zero-order chi connectivity index (χ0) is 16.1. The van der Waals surface area contributed by atoms with Gasteiger partial charge >= 0.3 is 0 Å². The molecule has 0 radical (unpaired) electrons. The second kappa shape index (κ2) is 7.19. The second-order valence-electron chi connectivity index (χ2n) is 5.60. The molecule has 0 aliphatic heterocycles. The number of aryl methyl sites for hydroxylation is 1. The highest BCUT2D eigenvalue weighted by Gasteiger charge is 2.16. The highest BCUT2D eigenvalue weighted by Crippen LogP contribution is 2.26. The molecule has 0 atom stereocenters. The number of rotatable bonds is 5. The summed E-state index contributed by atoms with van der Waals surface area (Å²) in [5.41, 5.74) is 10.7. The van der Waals surface area contributed by atoms with Crippen LogP contribution in [-0.4, -0.2) is 25.2 Å². The maximum atomic E-state index is 5.68. The van der Waals surface area contributed by atoms with Gasteiger partial charge in [-0.25, -0.2) is 10.5 Å². The van der Waals surface area contributed by atoms with Gasteiger partial charge in [-0.15, -0.1) is 5.10 Å². The van der Waals surface area contributed by atoms with Crippen molar-refractivity contribution in [1.82, 2.24) is 30.7 Å². The molecular formula is C15H21N7O.